The fourth-order valence-electron chi connectivity index (χ4n) is 2.72. The van der Waals surface area contributed by atoms with E-state index in [1.165, 1.54) is 0 Å². The molecule has 0 aliphatic heterocycles. The van der Waals surface area contributed by atoms with Crippen molar-refractivity contribution >= 4 is 11.6 Å². The minimum atomic E-state index is -2.53. The first-order chi connectivity index (χ1) is 8.82. The standard InChI is InChI=1S/C13H20ClF2N3/c1-8(2)19-12(10(14)7-18-19)11(17)9-3-5-13(15,16)6-4-9/h7-9,11H,3-6,17H2,1-2H3. The zero-order valence-corrected chi connectivity index (χ0v) is 12.0. The van der Waals surface area contributed by atoms with Crippen molar-refractivity contribution in [1.29, 1.82) is 0 Å². The molecule has 1 unspecified atom stereocenters. The van der Waals surface area contributed by atoms with Crippen molar-refractivity contribution < 1.29 is 8.78 Å². The number of alkyl halides is 2. The first-order valence-corrected chi connectivity index (χ1v) is 7.06. The Morgan fingerprint density at radius 2 is 2.00 bits per heavy atom. The van der Waals surface area contributed by atoms with Gasteiger partial charge in [0, 0.05) is 18.9 Å². The lowest BCUT2D eigenvalue weighted by molar-refractivity contribution is -0.0486. The number of nitrogens with two attached hydrogens (primary N) is 1. The van der Waals surface area contributed by atoms with Crippen molar-refractivity contribution in [3.63, 3.8) is 0 Å². The molecule has 1 aromatic rings. The van der Waals surface area contributed by atoms with Gasteiger partial charge in [-0.15, -0.1) is 0 Å². The van der Waals surface area contributed by atoms with Gasteiger partial charge in [0.25, 0.3) is 0 Å². The zero-order valence-electron chi connectivity index (χ0n) is 11.2. The van der Waals surface area contributed by atoms with E-state index in [1.807, 2.05) is 13.8 Å². The van der Waals surface area contributed by atoms with Gasteiger partial charge in [-0.25, -0.2) is 8.78 Å². The van der Waals surface area contributed by atoms with Gasteiger partial charge in [-0.1, -0.05) is 11.6 Å². The smallest absolute Gasteiger partial charge is 0.248 e. The van der Waals surface area contributed by atoms with E-state index in [0.717, 1.165) is 5.69 Å². The predicted octanol–water partition coefficient (Wildman–Crippen LogP) is 3.94. The summed E-state index contributed by atoms with van der Waals surface area (Å²) in [5.74, 6) is -2.48. The molecule has 0 aromatic carbocycles. The molecule has 1 aliphatic rings. The summed E-state index contributed by atoms with van der Waals surface area (Å²) in [6.45, 7) is 3.99. The molecule has 1 aliphatic carbocycles. The van der Waals surface area contributed by atoms with Crippen LogP contribution in [0.15, 0.2) is 6.20 Å². The Bertz CT molecular complexity index is 435. The van der Waals surface area contributed by atoms with Crippen LogP contribution in [0.25, 0.3) is 0 Å². The monoisotopic (exact) mass is 291 g/mol. The molecular weight excluding hydrogens is 272 g/mol. The lowest BCUT2D eigenvalue weighted by Gasteiger charge is -2.32. The van der Waals surface area contributed by atoms with E-state index in [-0.39, 0.29) is 30.8 Å². The molecule has 1 heterocycles. The van der Waals surface area contributed by atoms with Gasteiger partial charge < -0.3 is 5.73 Å². The summed E-state index contributed by atoms with van der Waals surface area (Å²) in [6.07, 6.45) is 2.29. The minimum Gasteiger partial charge on any atom is -0.322 e. The lowest BCUT2D eigenvalue weighted by atomic mass is 9.81. The van der Waals surface area contributed by atoms with Crippen LogP contribution in [-0.2, 0) is 0 Å². The first-order valence-electron chi connectivity index (χ1n) is 6.68. The third kappa shape index (κ3) is 3.08. The van der Waals surface area contributed by atoms with Crippen LogP contribution in [0.5, 0.6) is 0 Å². The summed E-state index contributed by atoms with van der Waals surface area (Å²) < 4.78 is 28.2. The van der Waals surface area contributed by atoms with Crippen molar-refractivity contribution in [1.82, 2.24) is 9.78 Å². The van der Waals surface area contributed by atoms with Crippen LogP contribution in [0, 0.1) is 5.92 Å². The highest BCUT2D eigenvalue weighted by Crippen LogP contribution is 2.41. The molecule has 0 saturated heterocycles. The van der Waals surface area contributed by atoms with Gasteiger partial charge in [0.2, 0.25) is 5.92 Å². The Kier molecular flexibility index (Phi) is 4.16. The molecule has 0 radical (unpaired) electrons. The van der Waals surface area contributed by atoms with E-state index in [9.17, 15) is 8.78 Å². The number of hydrogen-bond donors (Lipinski definition) is 1. The maximum atomic E-state index is 13.2. The highest BCUT2D eigenvalue weighted by atomic mass is 35.5. The molecular formula is C13H20ClF2N3. The van der Waals surface area contributed by atoms with Crippen LogP contribution in [0.1, 0.15) is 57.3 Å². The summed E-state index contributed by atoms with van der Waals surface area (Å²) in [7, 11) is 0. The average molecular weight is 292 g/mol. The number of halogens is 3. The normalized spacial score (nSPS) is 21.8. The number of aromatic nitrogens is 2. The molecule has 19 heavy (non-hydrogen) atoms. The SMILES string of the molecule is CC(C)n1ncc(Cl)c1C(N)C1CCC(F)(F)CC1. The Morgan fingerprint density at radius 3 is 2.53 bits per heavy atom. The molecule has 6 heteroatoms. The van der Waals surface area contributed by atoms with Crippen LogP contribution in [0.3, 0.4) is 0 Å². The molecule has 0 amide bonds. The summed E-state index contributed by atoms with van der Waals surface area (Å²) >= 11 is 6.15. The van der Waals surface area contributed by atoms with Gasteiger partial charge in [0.15, 0.2) is 0 Å². The topological polar surface area (TPSA) is 43.8 Å². The fraction of sp³-hybridized carbons (Fsp3) is 0.769. The quantitative estimate of drug-likeness (QED) is 0.916. The largest absolute Gasteiger partial charge is 0.322 e. The van der Waals surface area contributed by atoms with Gasteiger partial charge in [-0.05, 0) is 32.6 Å². The van der Waals surface area contributed by atoms with Gasteiger partial charge >= 0.3 is 0 Å². The van der Waals surface area contributed by atoms with E-state index >= 15 is 0 Å². The molecule has 3 nitrogen and oxygen atoms in total. The molecule has 2 rings (SSSR count). The van der Waals surface area contributed by atoms with E-state index in [2.05, 4.69) is 5.10 Å². The summed E-state index contributed by atoms with van der Waals surface area (Å²) in [4.78, 5) is 0. The Morgan fingerprint density at radius 1 is 1.42 bits per heavy atom. The maximum Gasteiger partial charge on any atom is 0.248 e. The summed E-state index contributed by atoms with van der Waals surface area (Å²) in [6, 6.07) is -0.174. The number of hydrogen-bond acceptors (Lipinski definition) is 2. The third-order valence-corrected chi connectivity index (χ3v) is 4.15. The molecule has 0 spiro atoms. The number of rotatable bonds is 3. The van der Waals surface area contributed by atoms with Crippen molar-refractivity contribution in [3.8, 4) is 0 Å². The maximum absolute atomic E-state index is 13.2. The second-order valence-electron chi connectivity index (χ2n) is 5.64. The van der Waals surface area contributed by atoms with Crippen molar-refractivity contribution in [3.05, 3.63) is 16.9 Å². The Balaban J connectivity index is 2.16. The average Bonchev–Trinajstić information content (AvgIpc) is 2.70. The van der Waals surface area contributed by atoms with Crippen LogP contribution in [0.4, 0.5) is 8.78 Å². The van der Waals surface area contributed by atoms with Crippen LogP contribution < -0.4 is 5.73 Å². The van der Waals surface area contributed by atoms with Gasteiger partial charge in [0.1, 0.15) is 0 Å². The molecule has 1 saturated carbocycles. The number of nitrogens with zero attached hydrogens (tertiary/aromatic N) is 2. The van der Waals surface area contributed by atoms with Crippen LogP contribution >= 0.6 is 11.6 Å². The fourth-order valence-corrected chi connectivity index (χ4v) is 2.98. The van der Waals surface area contributed by atoms with Gasteiger partial charge in [0.05, 0.1) is 23.0 Å². The molecule has 1 atom stereocenters. The van der Waals surface area contributed by atoms with E-state index in [0.29, 0.717) is 17.9 Å². The van der Waals surface area contributed by atoms with E-state index in [1.54, 1.807) is 10.9 Å². The lowest BCUT2D eigenvalue weighted by Crippen LogP contribution is -2.32. The third-order valence-electron chi connectivity index (χ3n) is 3.86. The predicted molar refractivity (Wildman–Crippen MR) is 71.5 cm³/mol. The first kappa shape index (κ1) is 14.7. The minimum absolute atomic E-state index is 0.0475. The van der Waals surface area contributed by atoms with Crippen LogP contribution in [-0.4, -0.2) is 15.7 Å². The Labute approximate surface area is 117 Å². The van der Waals surface area contributed by atoms with Crippen molar-refractivity contribution in [2.75, 3.05) is 0 Å². The highest BCUT2D eigenvalue weighted by molar-refractivity contribution is 6.31. The van der Waals surface area contributed by atoms with Gasteiger partial charge in [-0.2, -0.15) is 5.10 Å². The summed E-state index contributed by atoms with van der Waals surface area (Å²) in [5, 5.41) is 4.74. The summed E-state index contributed by atoms with van der Waals surface area (Å²) in [5.41, 5.74) is 7.02. The van der Waals surface area contributed by atoms with Gasteiger partial charge in [-0.3, -0.25) is 4.68 Å². The molecule has 1 fully saturated rings. The van der Waals surface area contributed by atoms with E-state index in [4.69, 9.17) is 17.3 Å². The Hall–Kier alpha value is -0.680. The second-order valence-corrected chi connectivity index (χ2v) is 6.04. The zero-order chi connectivity index (χ0) is 14.2. The van der Waals surface area contributed by atoms with E-state index < -0.39 is 5.92 Å². The molecule has 0 bridgehead atoms. The molecule has 2 N–H and O–H groups in total. The van der Waals surface area contributed by atoms with Crippen molar-refractivity contribution in [2.45, 2.75) is 57.5 Å². The molecule has 108 valence electrons. The van der Waals surface area contributed by atoms with Crippen LogP contribution in [0.2, 0.25) is 5.02 Å². The highest BCUT2D eigenvalue weighted by Gasteiger charge is 2.38. The van der Waals surface area contributed by atoms with Crippen molar-refractivity contribution in [2.24, 2.45) is 11.7 Å². The molecule has 1 aromatic heterocycles. The second kappa shape index (κ2) is 5.37.